The maximum absolute atomic E-state index is 12.9. The lowest BCUT2D eigenvalue weighted by Gasteiger charge is -2.11. The van der Waals surface area contributed by atoms with Crippen molar-refractivity contribution in [3.63, 3.8) is 0 Å². The van der Waals surface area contributed by atoms with Crippen LogP contribution in [0.5, 0.6) is 0 Å². The number of hydrogen-bond donors (Lipinski definition) is 0. The summed E-state index contributed by atoms with van der Waals surface area (Å²) in [5.41, 5.74) is -0.221. The van der Waals surface area contributed by atoms with Gasteiger partial charge in [0.15, 0.2) is 5.69 Å². The normalized spacial score (nSPS) is 11.5. The number of carbonyl (C=O) groups excluding carboxylic acids is 1. The molecule has 0 radical (unpaired) electrons. The number of fused-ring (bicyclic) bond motifs is 1. The van der Waals surface area contributed by atoms with E-state index in [1.54, 1.807) is 24.3 Å². The largest absolute Gasteiger partial charge is 0.464 e. The summed E-state index contributed by atoms with van der Waals surface area (Å²) in [5, 5.41) is 8.78. The molecule has 0 aliphatic heterocycles. The van der Waals surface area contributed by atoms with Crippen LogP contribution in [-0.4, -0.2) is 23.3 Å². The summed E-state index contributed by atoms with van der Waals surface area (Å²) in [6, 6.07) is 11.6. The zero-order valence-electron chi connectivity index (χ0n) is 12.5. The van der Waals surface area contributed by atoms with Gasteiger partial charge in [0.25, 0.3) is 0 Å². The van der Waals surface area contributed by atoms with Gasteiger partial charge in [0, 0.05) is 16.3 Å². The molecule has 4 nitrogen and oxygen atoms in total. The smallest absolute Gasteiger partial charge is 0.416 e. The second-order valence-electron chi connectivity index (χ2n) is 5.01. The van der Waals surface area contributed by atoms with Crippen LogP contribution in [0, 0.1) is 0 Å². The van der Waals surface area contributed by atoms with Crippen molar-refractivity contribution in [2.75, 3.05) is 7.11 Å². The number of methoxy groups -OCH3 is 1. The van der Waals surface area contributed by atoms with E-state index in [-0.39, 0.29) is 17.0 Å². The first kappa shape index (κ1) is 15.9. The molecular weight excluding hydrogens is 321 g/mol. The first-order valence-electron chi connectivity index (χ1n) is 6.93. The Morgan fingerprint density at radius 2 is 1.71 bits per heavy atom. The summed E-state index contributed by atoms with van der Waals surface area (Å²) in [7, 11) is 1.22. The van der Waals surface area contributed by atoms with E-state index in [9.17, 15) is 18.0 Å². The molecule has 1 heterocycles. The summed E-state index contributed by atoms with van der Waals surface area (Å²) < 4.78 is 43.4. The van der Waals surface area contributed by atoms with Gasteiger partial charge in [-0.2, -0.15) is 13.2 Å². The molecule has 3 aromatic rings. The molecule has 0 amide bonds. The molecule has 0 bridgehead atoms. The molecule has 0 saturated carbocycles. The fourth-order valence-corrected chi connectivity index (χ4v) is 2.41. The van der Waals surface area contributed by atoms with Gasteiger partial charge in [-0.1, -0.05) is 36.4 Å². The number of aromatic nitrogens is 2. The van der Waals surface area contributed by atoms with Crippen LogP contribution in [0.2, 0.25) is 0 Å². The number of benzene rings is 2. The number of rotatable bonds is 2. The van der Waals surface area contributed by atoms with Gasteiger partial charge in [0.05, 0.1) is 12.7 Å². The molecule has 0 spiro atoms. The quantitative estimate of drug-likeness (QED) is 0.663. The highest BCUT2D eigenvalue weighted by atomic mass is 19.4. The standard InChI is InChI=1S/C17H11F3N2O2/c1-24-16(23)15-13-8-3-2-7-12(13)14(21-22-15)10-5-4-6-11(9-10)17(18,19)20/h2-9H,1H3. The van der Waals surface area contributed by atoms with E-state index in [1.165, 1.54) is 19.2 Å². The molecule has 0 aliphatic carbocycles. The van der Waals surface area contributed by atoms with E-state index in [2.05, 4.69) is 14.9 Å². The van der Waals surface area contributed by atoms with Crippen LogP contribution in [-0.2, 0) is 10.9 Å². The van der Waals surface area contributed by atoms with Gasteiger partial charge >= 0.3 is 12.1 Å². The van der Waals surface area contributed by atoms with Crippen molar-refractivity contribution in [1.82, 2.24) is 10.2 Å². The van der Waals surface area contributed by atoms with Crippen molar-refractivity contribution in [1.29, 1.82) is 0 Å². The lowest BCUT2D eigenvalue weighted by atomic mass is 10.0. The number of alkyl halides is 3. The molecule has 122 valence electrons. The van der Waals surface area contributed by atoms with Crippen molar-refractivity contribution >= 4 is 16.7 Å². The molecule has 0 atom stereocenters. The minimum absolute atomic E-state index is 0.0174. The average Bonchev–Trinajstić information content (AvgIpc) is 2.59. The third-order valence-corrected chi connectivity index (χ3v) is 3.53. The molecular formula is C17H11F3N2O2. The molecule has 3 rings (SSSR count). The molecule has 2 aromatic carbocycles. The van der Waals surface area contributed by atoms with E-state index >= 15 is 0 Å². The molecule has 0 aliphatic rings. The molecule has 0 N–H and O–H groups in total. The Kier molecular flexibility index (Phi) is 3.92. The Bertz CT molecular complexity index is 923. The number of carbonyl (C=O) groups is 1. The number of halogens is 3. The van der Waals surface area contributed by atoms with E-state index < -0.39 is 17.7 Å². The van der Waals surface area contributed by atoms with Crippen LogP contribution in [0.1, 0.15) is 16.1 Å². The Morgan fingerprint density at radius 3 is 2.38 bits per heavy atom. The summed E-state index contributed by atoms with van der Waals surface area (Å²) in [4.78, 5) is 11.8. The van der Waals surface area contributed by atoms with Crippen molar-refractivity contribution < 1.29 is 22.7 Å². The minimum Gasteiger partial charge on any atom is -0.464 e. The minimum atomic E-state index is -4.45. The van der Waals surface area contributed by atoms with E-state index in [1.807, 2.05) is 0 Å². The van der Waals surface area contributed by atoms with Gasteiger partial charge in [-0.05, 0) is 12.1 Å². The first-order chi connectivity index (χ1) is 11.4. The van der Waals surface area contributed by atoms with Gasteiger partial charge in [-0.25, -0.2) is 4.79 Å². The van der Waals surface area contributed by atoms with Crippen LogP contribution >= 0.6 is 0 Å². The van der Waals surface area contributed by atoms with E-state index in [0.29, 0.717) is 10.8 Å². The van der Waals surface area contributed by atoms with E-state index in [0.717, 1.165) is 12.1 Å². The lowest BCUT2D eigenvalue weighted by Crippen LogP contribution is -2.08. The highest BCUT2D eigenvalue weighted by Crippen LogP contribution is 2.33. The summed E-state index contributed by atoms with van der Waals surface area (Å²) in [5.74, 6) is -0.658. The van der Waals surface area contributed by atoms with Crippen molar-refractivity contribution in [2.45, 2.75) is 6.18 Å². The third kappa shape index (κ3) is 2.80. The van der Waals surface area contributed by atoms with Crippen LogP contribution in [0.3, 0.4) is 0 Å². The molecule has 7 heteroatoms. The summed E-state index contributed by atoms with van der Waals surface area (Å²) >= 11 is 0. The maximum Gasteiger partial charge on any atom is 0.416 e. The zero-order valence-corrected chi connectivity index (χ0v) is 12.5. The van der Waals surface area contributed by atoms with Gasteiger partial charge < -0.3 is 4.74 Å². The van der Waals surface area contributed by atoms with Crippen LogP contribution < -0.4 is 0 Å². The van der Waals surface area contributed by atoms with Gasteiger partial charge in [0.2, 0.25) is 0 Å². The lowest BCUT2D eigenvalue weighted by molar-refractivity contribution is -0.137. The van der Waals surface area contributed by atoms with Crippen LogP contribution in [0.25, 0.3) is 22.0 Å². The number of hydrogen-bond acceptors (Lipinski definition) is 4. The topological polar surface area (TPSA) is 52.1 Å². The fraction of sp³-hybridized carbons (Fsp3) is 0.118. The van der Waals surface area contributed by atoms with E-state index in [4.69, 9.17) is 0 Å². The Labute approximate surface area is 134 Å². The third-order valence-electron chi connectivity index (χ3n) is 3.53. The monoisotopic (exact) mass is 332 g/mol. The predicted octanol–water partition coefficient (Wildman–Crippen LogP) is 4.10. The Hall–Kier alpha value is -2.96. The first-order valence-corrected chi connectivity index (χ1v) is 6.93. The van der Waals surface area contributed by atoms with Crippen LogP contribution in [0.15, 0.2) is 48.5 Å². The molecule has 24 heavy (non-hydrogen) atoms. The zero-order chi connectivity index (χ0) is 17.3. The van der Waals surface area contributed by atoms with Gasteiger partial charge in [-0.3, -0.25) is 0 Å². The van der Waals surface area contributed by atoms with Crippen molar-refractivity contribution in [3.8, 4) is 11.3 Å². The SMILES string of the molecule is COC(=O)c1nnc(-c2cccc(C(F)(F)F)c2)c2ccccc12. The molecule has 1 aromatic heterocycles. The number of esters is 1. The predicted molar refractivity (Wildman–Crippen MR) is 81.3 cm³/mol. The fourth-order valence-electron chi connectivity index (χ4n) is 2.41. The Balaban J connectivity index is 2.24. The van der Waals surface area contributed by atoms with Crippen molar-refractivity contribution in [2.24, 2.45) is 0 Å². The van der Waals surface area contributed by atoms with Crippen molar-refractivity contribution in [3.05, 3.63) is 59.8 Å². The molecule has 0 unspecified atom stereocenters. The maximum atomic E-state index is 12.9. The highest BCUT2D eigenvalue weighted by molar-refractivity contribution is 6.06. The van der Waals surface area contributed by atoms with Gasteiger partial charge in [-0.15, -0.1) is 10.2 Å². The van der Waals surface area contributed by atoms with Gasteiger partial charge in [0.1, 0.15) is 5.69 Å². The second-order valence-corrected chi connectivity index (χ2v) is 5.01. The molecule has 0 saturated heterocycles. The second kappa shape index (κ2) is 5.92. The molecule has 0 fully saturated rings. The average molecular weight is 332 g/mol. The number of nitrogens with zero attached hydrogens (tertiary/aromatic N) is 2. The Morgan fingerprint density at radius 1 is 1.00 bits per heavy atom. The number of ether oxygens (including phenoxy) is 1. The summed E-state index contributed by atoms with van der Waals surface area (Å²) in [6.07, 6.45) is -4.45. The highest BCUT2D eigenvalue weighted by Gasteiger charge is 2.30. The van der Waals surface area contributed by atoms with Crippen LogP contribution in [0.4, 0.5) is 13.2 Å². The summed E-state index contributed by atoms with van der Waals surface area (Å²) in [6.45, 7) is 0.